The molecule has 0 saturated carbocycles. The molecular weight excluding hydrogens is 240 g/mol. The van der Waals surface area contributed by atoms with Crippen molar-refractivity contribution in [1.29, 1.82) is 0 Å². The molecule has 1 aliphatic rings. The number of likely N-dealkylation sites (tertiary alicyclic amines) is 1. The minimum Gasteiger partial charge on any atom is -0.330 e. The molecule has 0 aromatic carbocycles. The van der Waals surface area contributed by atoms with Gasteiger partial charge in [-0.3, -0.25) is 4.79 Å². The number of hydrogen-bond acceptors (Lipinski definition) is 4. The van der Waals surface area contributed by atoms with E-state index in [1.54, 1.807) is 6.20 Å². The molecule has 1 aromatic heterocycles. The van der Waals surface area contributed by atoms with Crippen molar-refractivity contribution >= 4 is 5.91 Å². The van der Waals surface area contributed by atoms with Crippen molar-refractivity contribution in [2.45, 2.75) is 58.2 Å². The number of rotatable bonds is 2. The Morgan fingerprint density at radius 2 is 2.21 bits per heavy atom. The van der Waals surface area contributed by atoms with E-state index in [-0.39, 0.29) is 24.0 Å². The van der Waals surface area contributed by atoms with Crippen molar-refractivity contribution in [3.63, 3.8) is 0 Å². The molecule has 0 spiro atoms. The third-order valence-corrected chi connectivity index (χ3v) is 3.58. The van der Waals surface area contributed by atoms with Crippen LogP contribution in [-0.2, 0) is 4.79 Å². The number of hydrogen-bond donors (Lipinski definition) is 1. The zero-order chi connectivity index (χ0) is 14.0. The first-order valence-corrected chi connectivity index (χ1v) is 6.87. The fourth-order valence-electron chi connectivity index (χ4n) is 2.75. The molecular formula is C14H22N4O. The van der Waals surface area contributed by atoms with Crippen LogP contribution in [0.1, 0.15) is 50.7 Å². The molecule has 1 amide bonds. The number of carbonyl (C=O) groups is 1. The van der Waals surface area contributed by atoms with E-state index >= 15 is 0 Å². The van der Waals surface area contributed by atoms with Gasteiger partial charge in [0.1, 0.15) is 5.82 Å². The first kappa shape index (κ1) is 13.9. The van der Waals surface area contributed by atoms with Gasteiger partial charge in [-0.2, -0.15) is 0 Å². The van der Waals surface area contributed by atoms with Gasteiger partial charge in [-0.15, -0.1) is 0 Å². The van der Waals surface area contributed by atoms with Gasteiger partial charge in [-0.05, 0) is 39.7 Å². The Hall–Kier alpha value is -1.49. The van der Waals surface area contributed by atoms with Crippen LogP contribution in [0, 0.1) is 6.92 Å². The van der Waals surface area contributed by atoms with E-state index in [2.05, 4.69) is 9.97 Å². The van der Waals surface area contributed by atoms with Crippen molar-refractivity contribution in [3.8, 4) is 0 Å². The summed E-state index contributed by atoms with van der Waals surface area (Å²) in [5, 5.41) is 0. The minimum atomic E-state index is -0.142. The van der Waals surface area contributed by atoms with Gasteiger partial charge in [0.2, 0.25) is 5.91 Å². The Balaban J connectivity index is 2.43. The van der Waals surface area contributed by atoms with E-state index in [4.69, 9.17) is 5.73 Å². The Labute approximate surface area is 114 Å². The summed E-state index contributed by atoms with van der Waals surface area (Å²) in [6.45, 7) is 5.90. The molecule has 2 rings (SSSR count). The molecule has 1 fully saturated rings. The predicted molar refractivity (Wildman–Crippen MR) is 73.3 cm³/mol. The van der Waals surface area contributed by atoms with Gasteiger partial charge in [0.25, 0.3) is 0 Å². The number of amides is 1. The third kappa shape index (κ3) is 2.92. The number of aromatic nitrogens is 2. The standard InChI is InChI=1S/C14H22N4O/c1-9(2)18-13(19)6-4-5-11(15)14(18)12-7-8-16-10(3)17-12/h7-9,11,14H,4-6,15H2,1-3H3. The van der Waals surface area contributed by atoms with Gasteiger partial charge in [0.05, 0.1) is 11.7 Å². The van der Waals surface area contributed by atoms with Crippen molar-refractivity contribution in [3.05, 3.63) is 23.8 Å². The second-order valence-electron chi connectivity index (χ2n) is 5.42. The van der Waals surface area contributed by atoms with Crippen molar-refractivity contribution in [2.24, 2.45) is 5.73 Å². The topological polar surface area (TPSA) is 72.1 Å². The van der Waals surface area contributed by atoms with Crippen molar-refractivity contribution < 1.29 is 4.79 Å². The average molecular weight is 262 g/mol. The fourth-order valence-corrected chi connectivity index (χ4v) is 2.75. The van der Waals surface area contributed by atoms with Gasteiger partial charge in [0.15, 0.2) is 0 Å². The Bertz CT molecular complexity index is 461. The molecule has 5 heteroatoms. The zero-order valence-corrected chi connectivity index (χ0v) is 11.8. The third-order valence-electron chi connectivity index (χ3n) is 3.58. The summed E-state index contributed by atoms with van der Waals surface area (Å²) in [5.41, 5.74) is 7.15. The smallest absolute Gasteiger partial charge is 0.223 e. The molecule has 1 aromatic rings. The van der Waals surface area contributed by atoms with Crippen LogP contribution < -0.4 is 5.73 Å². The number of carbonyl (C=O) groups excluding carboxylic acids is 1. The molecule has 104 valence electrons. The van der Waals surface area contributed by atoms with Crippen LogP contribution in [0.15, 0.2) is 12.3 Å². The second kappa shape index (κ2) is 5.65. The fraction of sp³-hybridized carbons (Fsp3) is 0.643. The monoisotopic (exact) mass is 262 g/mol. The normalized spacial score (nSPS) is 24.7. The Kier molecular flexibility index (Phi) is 4.14. The number of aryl methyl sites for hydroxylation is 1. The summed E-state index contributed by atoms with van der Waals surface area (Å²) in [5.74, 6) is 0.884. The summed E-state index contributed by atoms with van der Waals surface area (Å²) in [6.07, 6.45) is 4.01. The second-order valence-corrected chi connectivity index (χ2v) is 5.42. The Morgan fingerprint density at radius 3 is 2.84 bits per heavy atom. The van der Waals surface area contributed by atoms with Crippen LogP contribution in [0.2, 0.25) is 0 Å². The van der Waals surface area contributed by atoms with Crippen LogP contribution in [0.5, 0.6) is 0 Å². The highest BCUT2D eigenvalue weighted by atomic mass is 16.2. The largest absolute Gasteiger partial charge is 0.330 e. The van der Waals surface area contributed by atoms with Crippen LogP contribution in [0.4, 0.5) is 0 Å². The van der Waals surface area contributed by atoms with Crippen LogP contribution in [0.25, 0.3) is 0 Å². The maximum atomic E-state index is 12.3. The SMILES string of the molecule is Cc1nccc(C2C(N)CCCC(=O)N2C(C)C)n1. The highest BCUT2D eigenvalue weighted by Crippen LogP contribution is 2.30. The molecule has 2 unspecified atom stereocenters. The molecule has 1 saturated heterocycles. The van der Waals surface area contributed by atoms with Gasteiger partial charge in [0, 0.05) is 24.7 Å². The molecule has 0 aliphatic carbocycles. The summed E-state index contributed by atoms with van der Waals surface area (Å²) in [6, 6.07) is 1.78. The zero-order valence-electron chi connectivity index (χ0n) is 11.8. The lowest BCUT2D eigenvalue weighted by Crippen LogP contribution is -2.46. The van der Waals surface area contributed by atoms with Crippen LogP contribution in [0.3, 0.4) is 0 Å². The Morgan fingerprint density at radius 1 is 1.47 bits per heavy atom. The maximum Gasteiger partial charge on any atom is 0.223 e. The summed E-state index contributed by atoms with van der Waals surface area (Å²) < 4.78 is 0. The average Bonchev–Trinajstić information content (AvgIpc) is 2.48. The molecule has 2 atom stereocenters. The van der Waals surface area contributed by atoms with E-state index in [0.717, 1.165) is 18.5 Å². The van der Waals surface area contributed by atoms with E-state index in [9.17, 15) is 4.79 Å². The quantitative estimate of drug-likeness (QED) is 0.878. The number of nitrogens with two attached hydrogens (primary N) is 1. The van der Waals surface area contributed by atoms with Crippen LogP contribution >= 0.6 is 0 Å². The first-order valence-electron chi connectivity index (χ1n) is 6.87. The van der Waals surface area contributed by atoms with Crippen molar-refractivity contribution in [1.82, 2.24) is 14.9 Å². The highest BCUT2D eigenvalue weighted by Gasteiger charge is 2.35. The summed E-state index contributed by atoms with van der Waals surface area (Å²) in [7, 11) is 0. The molecule has 2 N–H and O–H groups in total. The van der Waals surface area contributed by atoms with Gasteiger partial charge < -0.3 is 10.6 Å². The molecule has 19 heavy (non-hydrogen) atoms. The lowest BCUT2D eigenvalue weighted by molar-refractivity contribution is -0.135. The maximum absolute atomic E-state index is 12.3. The molecule has 5 nitrogen and oxygen atoms in total. The van der Waals surface area contributed by atoms with E-state index < -0.39 is 0 Å². The minimum absolute atomic E-state index is 0.0665. The highest BCUT2D eigenvalue weighted by molar-refractivity contribution is 5.77. The molecule has 2 heterocycles. The molecule has 0 radical (unpaired) electrons. The van der Waals surface area contributed by atoms with E-state index in [1.807, 2.05) is 31.7 Å². The molecule has 0 bridgehead atoms. The molecule has 1 aliphatic heterocycles. The van der Waals surface area contributed by atoms with Crippen LogP contribution in [-0.4, -0.2) is 32.9 Å². The first-order chi connectivity index (χ1) is 9.00. The van der Waals surface area contributed by atoms with E-state index in [0.29, 0.717) is 12.2 Å². The lowest BCUT2D eigenvalue weighted by atomic mass is 10.00. The van der Waals surface area contributed by atoms with Gasteiger partial charge >= 0.3 is 0 Å². The number of nitrogens with zero attached hydrogens (tertiary/aromatic N) is 3. The van der Waals surface area contributed by atoms with E-state index in [1.165, 1.54) is 0 Å². The van der Waals surface area contributed by atoms with Gasteiger partial charge in [-0.25, -0.2) is 9.97 Å². The lowest BCUT2D eigenvalue weighted by Gasteiger charge is -2.36. The summed E-state index contributed by atoms with van der Waals surface area (Å²) in [4.78, 5) is 22.8. The summed E-state index contributed by atoms with van der Waals surface area (Å²) >= 11 is 0. The van der Waals surface area contributed by atoms with Crippen molar-refractivity contribution in [2.75, 3.05) is 0 Å². The predicted octanol–water partition coefficient (Wildman–Crippen LogP) is 1.57. The van der Waals surface area contributed by atoms with Gasteiger partial charge in [-0.1, -0.05) is 0 Å².